The molecular weight excluding hydrogens is 404 g/mol. The summed E-state index contributed by atoms with van der Waals surface area (Å²) in [7, 11) is 1.31. The number of carbonyl (C=O) groups excluding carboxylic acids is 4. The molecule has 0 saturated carbocycles. The summed E-state index contributed by atoms with van der Waals surface area (Å²) < 4.78 is 4.84. The second kappa shape index (κ2) is 11.2. The van der Waals surface area contributed by atoms with Gasteiger partial charge in [0, 0.05) is 13.5 Å². The van der Waals surface area contributed by atoms with Crippen molar-refractivity contribution >= 4 is 34.7 Å². The van der Waals surface area contributed by atoms with E-state index in [-0.39, 0.29) is 16.9 Å². The van der Waals surface area contributed by atoms with Crippen molar-refractivity contribution in [3.8, 4) is 0 Å². The minimum absolute atomic E-state index is 0.140. The van der Waals surface area contributed by atoms with Crippen LogP contribution in [0.5, 0.6) is 0 Å². The first-order chi connectivity index (χ1) is 14.3. The van der Waals surface area contributed by atoms with E-state index in [1.165, 1.54) is 18.9 Å². The van der Waals surface area contributed by atoms with Crippen LogP contribution in [0.3, 0.4) is 0 Å². The van der Waals surface area contributed by atoms with Crippen LogP contribution >= 0.6 is 11.8 Å². The van der Waals surface area contributed by atoms with E-state index in [0.717, 1.165) is 11.8 Å². The summed E-state index contributed by atoms with van der Waals surface area (Å²) >= 11 is 0.925. The number of thioether (sulfide) groups is 1. The molecule has 0 radical (unpaired) electrons. The molecule has 1 N–H and O–H groups in total. The molecule has 2 rings (SSSR count). The zero-order chi connectivity index (χ0) is 22.3. The molecule has 164 valence electrons. The molecular formula is C22H30N2O5S. The van der Waals surface area contributed by atoms with Gasteiger partial charge in [0.1, 0.15) is 17.3 Å². The van der Waals surface area contributed by atoms with Gasteiger partial charge in [0.05, 0.1) is 7.11 Å². The molecule has 1 aromatic carbocycles. The number of benzene rings is 1. The summed E-state index contributed by atoms with van der Waals surface area (Å²) in [6.45, 7) is 5.70. The predicted molar refractivity (Wildman–Crippen MR) is 116 cm³/mol. The van der Waals surface area contributed by atoms with Gasteiger partial charge in [-0.2, -0.15) is 0 Å². The van der Waals surface area contributed by atoms with E-state index in [4.69, 9.17) is 4.74 Å². The lowest BCUT2D eigenvalue weighted by Crippen LogP contribution is -2.54. The summed E-state index contributed by atoms with van der Waals surface area (Å²) in [5, 5.41) is 1.93. The van der Waals surface area contributed by atoms with Gasteiger partial charge in [0.2, 0.25) is 11.8 Å². The number of ether oxygens (including phenoxy) is 1. The number of rotatable bonds is 8. The minimum Gasteiger partial charge on any atom is -0.467 e. The van der Waals surface area contributed by atoms with Crippen LogP contribution in [0, 0.1) is 5.92 Å². The Morgan fingerprint density at radius 3 is 2.47 bits per heavy atom. The highest BCUT2D eigenvalue weighted by Gasteiger charge is 2.40. The van der Waals surface area contributed by atoms with E-state index in [1.807, 2.05) is 19.9 Å². The normalized spacial score (nSPS) is 18.9. The summed E-state index contributed by atoms with van der Waals surface area (Å²) in [6.07, 6.45) is 1.93. The Morgan fingerprint density at radius 1 is 1.23 bits per heavy atom. The first-order valence-corrected chi connectivity index (χ1v) is 11.1. The Labute approximate surface area is 181 Å². The van der Waals surface area contributed by atoms with Gasteiger partial charge in [0.15, 0.2) is 5.12 Å². The molecule has 8 heteroatoms. The van der Waals surface area contributed by atoms with Gasteiger partial charge < -0.3 is 15.0 Å². The molecule has 30 heavy (non-hydrogen) atoms. The molecule has 1 fully saturated rings. The molecule has 2 amide bonds. The molecule has 1 saturated heterocycles. The van der Waals surface area contributed by atoms with Crippen molar-refractivity contribution in [2.75, 3.05) is 13.7 Å². The van der Waals surface area contributed by atoms with Crippen LogP contribution in [-0.2, 0) is 23.9 Å². The highest BCUT2D eigenvalue weighted by molar-refractivity contribution is 8.14. The van der Waals surface area contributed by atoms with Crippen LogP contribution in [0.25, 0.3) is 0 Å². The average molecular weight is 435 g/mol. The maximum atomic E-state index is 13.3. The van der Waals surface area contributed by atoms with Crippen LogP contribution in [0.1, 0.15) is 50.8 Å². The van der Waals surface area contributed by atoms with Crippen LogP contribution in [-0.4, -0.2) is 53.5 Å². The number of hydrogen-bond donors (Lipinski definition) is 1. The number of carbonyl (C=O) groups is 4. The lowest BCUT2D eigenvalue weighted by atomic mass is 9.97. The maximum Gasteiger partial charge on any atom is 0.328 e. The molecule has 0 aliphatic carbocycles. The Morgan fingerprint density at radius 2 is 1.90 bits per heavy atom. The second-order valence-electron chi connectivity index (χ2n) is 7.48. The quantitative estimate of drug-likeness (QED) is 0.633. The first-order valence-electron chi connectivity index (χ1n) is 10.2. The number of amides is 2. The zero-order valence-corrected chi connectivity index (χ0v) is 18.7. The zero-order valence-electron chi connectivity index (χ0n) is 17.9. The lowest BCUT2D eigenvalue weighted by Gasteiger charge is -2.31. The molecule has 0 bridgehead atoms. The van der Waals surface area contributed by atoms with Crippen molar-refractivity contribution in [1.82, 2.24) is 10.2 Å². The second-order valence-corrected chi connectivity index (χ2v) is 8.77. The Kier molecular flexibility index (Phi) is 8.89. The highest BCUT2D eigenvalue weighted by Crippen LogP contribution is 2.30. The van der Waals surface area contributed by atoms with Crippen LogP contribution in [0.15, 0.2) is 30.3 Å². The molecule has 1 aliphatic heterocycles. The summed E-state index contributed by atoms with van der Waals surface area (Å²) in [5.74, 6) is -1.26. The summed E-state index contributed by atoms with van der Waals surface area (Å²) in [6, 6.07) is 7.61. The molecule has 0 spiro atoms. The molecule has 1 heterocycles. The largest absolute Gasteiger partial charge is 0.467 e. The number of nitrogens with zero attached hydrogens (tertiary/aromatic N) is 1. The van der Waals surface area contributed by atoms with Gasteiger partial charge in [-0.1, -0.05) is 62.4 Å². The van der Waals surface area contributed by atoms with E-state index in [1.54, 1.807) is 24.3 Å². The number of nitrogens with one attached hydrogen (secondary N) is 1. The van der Waals surface area contributed by atoms with Gasteiger partial charge in [-0.05, 0) is 24.3 Å². The standard InChI is InChI=1S/C22H30N2O5S/c1-5-14(2)18(21(27)24-13-9-12-17(24)22(28)29-4)23-20(26)19(30-15(3)25)16-10-7-6-8-11-16/h6-8,10-11,14,17-19H,5,9,12-13H2,1-4H3,(H,23,26)/t14-,17-,18-,19-/m0/s1. The topological polar surface area (TPSA) is 92.8 Å². The molecule has 0 unspecified atom stereocenters. The third-order valence-corrected chi connectivity index (χ3v) is 6.46. The van der Waals surface area contributed by atoms with E-state index < -0.39 is 29.2 Å². The predicted octanol–water partition coefficient (Wildman–Crippen LogP) is 2.70. The van der Waals surface area contributed by atoms with E-state index >= 15 is 0 Å². The molecule has 7 nitrogen and oxygen atoms in total. The van der Waals surface area contributed by atoms with E-state index in [0.29, 0.717) is 31.4 Å². The molecule has 4 atom stereocenters. The van der Waals surface area contributed by atoms with Crippen molar-refractivity contribution in [2.24, 2.45) is 5.92 Å². The van der Waals surface area contributed by atoms with Gasteiger partial charge >= 0.3 is 5.97 Å². The SMILES string of the molecule is CC[C@H](C)[C@H](NC(=O)[C@@H](SC(C)=O)c1ccccc1)C(=O)N1CCC[C@H]1C(=O)OC. The number of hydrogen-bond acceptors (Lipinski definition) is 6. The van der Waals surface area contributed by atoms with Crippen molar-refractivity contribution in [2.45, 2.75) is 57.4 Å². The van der Waals surface area contributed by atoms with Crippen LogP contribution < -0.4 is 5.32 Å². The third kappa shape index (κ3) is 5.84. The summed E-state index contributed by atoms with van der Waals surface area (Å²) in [5.41, 5.74) is 0.694. The molecule has 0 aromatic heterocycles. The Hall–Kier alpha value is -2.35. The molecule has 1 aromatic rings. The Bertz CT molecular complexity index is 770. The third-order valence-electron chi connectivity index (χ3n) is 5.41. The Balaban J connectivity index is 2.26. The smallest absolute Gasteiger partial charge is 0.328 e. The number of likely N-dealkylation sites (tertiary alicyclic amines) is 1. The minimum atomic E-state index is -0.786. The fraction of sp³-hybridized carbons (Fsp3) is 0.545. The fourth-order valence-electron chi connectivity index (χ4n) is 3.57. The van der Waals surface area contributed by atoms with Crippen molar-refractivity contribution in [1.29, 1.82) is 0 Å². The van der Waals surface area contributed by atoms with Crippen LogP contribution in [0.2, 0.25) is 0 Å². The van der Waals surface area contributed by atoms with Gasteiger partial charge in [-0.15, -0.1) is 0 Å². The van der Waals surface area contributed by atoms with Crippen molar-refractivity contribution < 1.29 is 23.9 Å². The molecule has 1 aliphatic rings. The maximum absolute atomic E-state index is 13.3. The van der Waals surface area contributed by atoms with Crippen molar-refractivity contribution in [3.63, 3.8) is 0 Å². The number of esters is 1. The van der Waals surface area contributed by atoms with E-state index in [2.05, 4.69) is 5.32 Å². The lowest BCUT2D eigenvalue weighted by molar-refractivity contribution is -0.152. The summed E-state index contributed by atoms with van der Waals surface area (Å²) in [4.78, 5) is 51.8. The van der Waals surface area contributed by atoms with Gasteiger partial charge in [-0.25, -0.2) is 4.79 Å². The number of methoxy groups -OCH3 is 1. The van der Waals surface area contributed by atoms with Crippen molar-refractivity contribution in [3.05, 3.63) is 35.9 Å². The fourth-order valence-corrected chi connectivity index (χ4v) is 4.37. The average Bonchev–Trinajstić information content (AvgIpc) is 3.24. The van der Waals surface area contributed by atoms with E-state index in [9.17, 15) is 19.2 Å². The van der Waals surface area contributed by atoms with Gasteiger partial charge in [-0.3, -0.25) is 14.4 Å². The van der Waals surface area contributed by atoms with Gasteiger partial charge in [0.25, 0.3) is 0 Å². The highest BCUT2D eigenvalue weighted by atomic mass is 32.2. The monoisotopic (exact) mass is 434 g/mol. The first kappa shape index (κ1) is 23.9. The van der Waals surface area contributed by atoms with Crippen LogP contribution in [0.4, 0.5) is 0 Å².